The van der Waals surface area contributed by atoms with Gasteiger partial charge in [0.15, 0.2) is 6.10 Å². The van der Waals surface area contributed by atoms with Gasteiger partial charge in [-0.05, 0) is 38.3 Å². The van der Waals surface area contributed by atoms with Gasteiger partial charge in [-0.3, -0.25) is 9.59 Å². The number of carbonyl (C=O) groups is 2. The molecule has 0 saturated carbocycles. The van der Waals surface area contributed by atoms with Crippen LogP contribution in [-0.4, -0.2) is 31.3 Å². The summed E-state index contributed by atoms with van der Waals surface area (Å²) in [7, 11) is -4.14. The smallest absolute Gasteiger partial charge is 0.276 e. The van der Waals surface area contributed by atoms with Crippen LogP contribution in [0.15, 0.2) is 17.0 Å². The van der Waals surface area contributed by atoms with Gasteiger partial charge in [0.25, 0.3) is 21.8 Å². The highest BCUT2D eigenvalue weighted by atomic mass is 32.2. The Morgan fingerprint density at radius 2 is 1.96 bits per heavy atom. The average molecular weight is 424 g/mol. The number of thiazole rings is 1. The molecule has 1 unspecified atom stereocenters. The first-order chi connectivity index (χ1) is 13.0. The molecule has 1 atom stereocenters. The first kappa shape index (κ1) is 20.3. The number of ether oxygens (including phenoxy) is 1. The van der Waals surface area contributed by atoms with Gasteiger partial charge in [0, 0.05) is 6.07 Å². The summed E-state index contributed by atoms with van der Waals surface area (Å²) >= 11 is 1.13. The number of sulfonamides is 1. The number of amides is 2. The molecule has 1 aliphatic heterocycles. The second-order valence-corrected chi connectivity index (χ2v) is 9.82. The summed E-state index contributed by atoms with van der Waals surface area (Å²) in [5, 5.41) is 3.41. The molecule has 28 heavy (non-hydrogen) atoms. The molecule has 2 heterocycles. The Balaban J connectivity index is 1.94. The number of hydrogen-bond acceptors (Lipinski definition) is 7. The fraction of sp³-hybridized carbons (Fsp3) is 0.389. The molecule has 1 aromatic carbocycles. The van der Waals surface area contributed by atoms with Crippen molar-refractivity contribution in [1.82, 2.24) is 9.71 Å². The van der Waals surface area contributed by atoms with Crippen LogP contribution < -0.4 is 14.8 Å². The molecular formula is C18H21N3O5S2. The maximum Gasteiger partial charge on any atom is 0.276 e. The average Bonchev–Trinajstić information content (AvgIpc) is 2.91. The minimum Gasteiger partial charge on any atom is -0.478 e. The Labute approximate surface area is 167 Å². The van der Waals surface area contributed by atoms with Gasteiger partial charge in [-0.15, -0.1) is 11.3 Å². The van der Waals surface area contributed by atoms with Crippen LogP contribution in [0.25, 0.3) is 0 Å². The topological polar surface area (TPSA) is 114 Å². The maximum atomic E-state index is 12.8. The predicted octanol–water partition coefficient (Wildman–Crippen LogP) is 2.54. The van der Waals surface area contributed by atoms with Crippen molar-refractivity contribution in [2.45, 2.75) is 45.6 Å². The highest BCUT2D eigenvalue weighted by Gasteiger charge is 2.32. The number of carbonyl (C=O) groups excluding carboxylic acids is 2. The summed E-state index contributed by atoms with van der Waals surface area (Å²) < 4.78 is 33.5. The van der Waals surface area contributed by atoms with E-state index in [0.717, 1.165) is 11.3 Å². The standard InChI is InChI=1S/C18H21N3O5S2/c1-8(2)15-17(22)20-12-6-9(3)14(7-13(12)26-15)28(24,25)21-18(23)16-10(4)19-11(5)27-16/h6-8,15H,1-5H3,(H,20,22)(H,21,23). The zero-order valence-corrected chi connectivity index (χ0v) is 17.7. The van der Waals surface area contributed by atoms with Crippen molar-refractivity contribution >= 4 is 38.9 Å². The number of nitrogens with zero attached hydrogens (tertiary/aromatic N) is 1. The zero-order chi connectivity index (χ0) is 20.8. The van der Waals surface area contributed by atoms with E-state index in [9.17, 15) is 18.0 Å². The van der Waals surface area contributed by atoms with Gasteiger partial charge < -0.3 is 10.1 Å². The van der Waals surface area contributed by atoms with E-state index in [4.69, 9.17) is 4.74 Å². The third-order valence-corrected chi connectivity index (χ3v) is 6.82. The molecule has 3 rings (SSSR count). The quantitative estimate of drug-likeness (QED) is 0.781. The molecule has 0 bridgehead atoms. The number of nitrogens with one attached hydrogen (secondary N) is 2. The lowest BCUT2D eigenvalue weighted by Crippen LogP contribution is -2.40. The first-order valence-corrected chi connectivity index (χ1v) is 10.9. The molecule has 2 N–H and O–H groups in total. The normalized spacial score (nSPS) is 16.4. The van der Waals surface area contributed by atoms with Crippen LogP contribution in [0, 0.1) is 26.7 Å². The van der Waals surface area contributed by atoms with Crippen molar-refractivity contribution < 1.29 is 22.7 Å². The second kappa shape index (κ2) is 7.17. The van der Waals surface area contributed by atoms with Crippen LogP contribution in [0.1, 0.15) is 39.8 Å². The number of aryl methyl sites for hydroxylation is 3. The molecule has 0 fully saturated rings. The lowest BCUT2D eigenvalue weighted by molar-refractivity contribution is -0.125. The molecule has 0 aliphatic carbocycles. The Morgan fingerprint density at radius 3 is 2.54 bits per heavy atom. The van der Waals surface area contributed by atoms with Crippen LogP contribution in [0.4, 0.5) is 5.69 Å². The number of rotatable bonds is 4. The summed E-state index contributed by atoms with van der Waals surface area (Å²) in [4.78, 5) is 28.9. The van der Waals surface area contributed by atoms with Crippen LogP contribution in [0.3, 0.4) is 0 Å². The minimum absolute atomic E-state index is 0.0860. The number of fused-ring (bicyclic) bond motifs is 1. The van der Waals surface area contributed by atoms with Gasteiger partial charge in [0.1, 0.15) is 10.6 Å². The largest absolute Gasteiger partial charge is 0.478 e. The van der Waals surface area contributed by atoms with E-state index in [-0.39, 0.29) is 27.3 Å². The Bertz CT molecular complexity index is 1070. The monoisotopic (exact) mass is 423 g/mol. The summed E-state index contributed by atoms with van der Waals surface area (Å²) in [6.07, 6.45) is -0.719. The van der Waals surface area contributed by atoms with Gasteiger partial charge in [-0.25, -0.2) is 18.1 Å². The molecule has 0 spiro atoms. The Kier molecular flexibility index (Phi) is 5.20. The zero-order valence-electron chi connectivity index (χ0n) is 16.1. The Morgan fingerprint density at radius 1 is 1.29 bits per heavy atom. The van der Waals surface area contributed by atoms with Crippen LogP contribution >= 0.6 is 11.3 Å². The number of hydrogen-bond donors (Lipinski definition) is 2. The molecule has 10 heteroatoms. The Hall–Kier alpha value is -2.46. The number of aromatic nitrogens is 1. The van der Waals surface area contributed by atoms with E-state index in [0.29, 0.717) is 22.0 Å². The van der Waals surface area contributed by atoms with Crippen molar-refractivity contribution in [2.75, 3.05) is 5.32 Å². The molecule has 2 aromatic rings. The van der Waals surface area contributed by atoms with E-state index >= 15 is 0 Å². The summed E-state index contributed by atoms with van der Waals surface area (Å²) in [5.41, 5.74) is 1.25. The molecule has 1 aromatic heterocycles. The molecule has 1 aliphatic rings. The maximum absolute atomic E-state index is 12.8. The fourth-order valence-electron chi connectivity index (χ4n) is 2.95. The second-order valence-electron chi connectivity index (χ2n) is 6.97. The van der Waals surface area contributed by atoms with Crippen molar-refractivity contribution in [3.8, 4) is 5.75 Å². The van der Waals surface area contributed by atoms with Crippen LogP contribution in [0.2, 0.25) is 0 Å². The molecule has 2 amide bonds. The van der Waals surface area contributed by atoms with Crippen molar-refractivity contribution in [3.63, 3.8) is 0 Å². The minimum atomic E-state index is -4.14. The van der Waals surface area contributed by atoms with Crippen LogP contribution in [-0.2, 0) is 14.8 Å². The number of anilines is 1. The summed E-state index contributed by atoms with van der Waals surface area (Å²) in [6, 6.07) is 2.85. The summed E-state index contributed by atoms with van der Waals surface area (Å²) in [5.74, 6) is -0.843. The molecule has 0 radical (unpaired) electrons. The molecule has 150 valence electrons. The van der Waals surface area contributed by atoms with Gasteiger partial charge in [0.05, 0.1) is 21.3 Å². The predicted molar refractivity (Wildman–Crippen MR) is 105 cm³/mol. The van der Waals surface area contributed by atoms with Crippen molar-refractivity contribution in [1.29, 1.82) is 0 Å². The lowest BCUT2D eigenvalue weighted by atomic mass is 10.0. The molecule has 0 saturated heterocycles. The highest BCUT2D eigenvalue weighted by Crippen LogP contribution is 2.35. The van der Waals surface area contributed by atoms with Gasteiger partial charge in [-0.1, -0.05) is 13.8 Å². The fourth-order valence-corrected chi connectivity index (χ4v) is 5.03. The highest BCUT2D eigenvalue weighted by molar-refractivity contribution is 7.90. The van der Waals surface area contributed by atoms with Gasteiger partial charge in [0.2, 0.25) is 0 Å². The van der Waals surface area contributed by atoms with Crippen molar-refractivity contribution in [2.24, 2.45) is 5.92 Å². The van der Waals surface area contributed by atoms with Crippen LogP contribution in [0.5, 0.6) is 5.75 Å². The lowest BCUT2D eigenvalue weighted by Gasteiger charge is -2.29. The summed E-state index contributed by atoms with van der Waals surface area (Å²) in [6.45, 7) is 8.65. The SMILES string of the molecule is Cc1nc(C)c(C(=O)NS(=O)(=O)c2cc3c(cc2C)NC(=O)C(C(C)C)O3)s1. The van der Waals surface area contributed by atoms with Gasteiger partial charge in [-0.2, -0.15) is 0 Å². The first-order valence-electron chi connectivity index (χ1n) is 8.63. The van der Waals surface area contributed by atoms with E-state index in [1.54, 1.807) is 20.8 Å². The van der Waals surface area contributed by atoms with Crippen molar-refractivity contribution in [3.05, 3.63) is 33.3 Å². The van der Waals surface area contributed by atoms with E-state index in [1.165, 1.54) is 12.1 Å². The van der Waals surface area contributed by atoms with E-state index in [2.05, 4.69) is 15.0 Å². The van der Waals surface area contributed by atoms with Gasteiger partial charge >= 0.3 is 0 Å². The molecule has 8 nitrogen and oxygen atoms in total. The third-order valence-electron chi connectivity index (χ3n) is 4.28. The third kappa shape index (κ3) is 3.74. The number of benzene rings is 1. The van der Waals surface area contributed by atoms with E-state index < -0.39 is 22.0 Å². The molecular weight excluding hydrogens is 402 g/mol. The van der Waals surface area contributed by atoms with E-state index in [1.807, 2.05) is 13.8 Å².